The van der Waals surface area contributed by atoms with Gasteiger partial charge in [0.2, 0.25) is 0 Å². The number of hydrogen-bond acceptors (Lipinski definition) is 7. The fourth-order valence-electron chi connectivity index (χ4n) is 4.07. The smallest absolute Gasteiger partial charge is 0.409 e. The lowest BCUT2D eigenvalue weighted by Gasteiger charge is -2.17. The van der Waals surface area contributed by atoms with Crippen LogP contribution in [0.25, 0.3) is 11.4 Å². The highest BCUT2D eigenvalue weighted by atomic mass is 19.1. The van der Waals surface area contributed by atoms with Crippen molar-refractivity contribution in [2.24, 2.45) is 13.0 Å². The van der Waals surface area contributed by atoms with Gasteiger partial charge < -0.3 is 19.5 Å². The predicted molar refractivity (Wildman–Crippen MR) is 121 cm³/mol. The number of aryl methyl sites for hydroxylation is 2. The number of aromatic nitrogens is 4. The molecule has 2 aromatic heterocycles. The van der Waals surface area contributed by atoms with Gasteiger partial charge in [-0.05, 0) is 57.1 Å². The minimum atomic E-state index is -0.776. The number of alkyl halides is 1. The molecule has 11 heteroatoms. The quantitative estimate of drug-likeness (QED) is 0.488. The van der Waals surface area contributed by atoms with Gasteiger partial charge in [0.15, 0.2) is 0 Å². The predicted octanol–water partition coefficient (Wildman–Crippen LogP) is 3.53. The summed E-state index contributed by atoms with van der Waals surface area (Å²) in [5, 5.41) is 17.2. The summed E-state index contributed by atoms with van der Waals surface area (Å²) in [5.74, 6) is 0.0147. The number of carbonyl (C=O) groups excluding carboxylic acids is 1. The van der Waals surface area contributed by atoms with Crippen molar-refractivity contribution in [2.75, 3.05) is 20.3 Å². The van der Waals surface area contributed by atoms with Crippen LogP contribution >= 0.6 is 0 Å². The van der Waals surface area contributed by atoms with Crippen LogP contribution in [0.15, 0.2) is 12.1 Å². The first kappa shape index (κ1) is 25.4. The second-order valence-electron chi connectivity index (χ2n) is 8.68. The molecule has 34 heavy (non-hydrogen) atoms. The molecular weight excluding hydrogens is 445 g/mol. The number of nitrogens with zero attached hydrogens (tertiary/aromatic N) is 5. The van der Waals surface area contributed by atoms with E-state index < -0.39 is 18.7 Å². The highest BCUT2D eigenvalue weighted by molar-refractivity contribution is 5.67. The number of carbonyl (C=O) groups is 2. The molecule has 3 rings (SSSR count). The summed E-state index contributed by atoms with van der Waals surface area (Å²) in [6, 6.07) is 3.61. The molecule has 1 saturated carbocycles. The molecule has 2 atom stereocenters. The van der Waals surface area contributed by atoms with E-state index >= 15 is 0 Å². The Hall–Kier alpha value is -3.24. The maximum absolute atomic E-state index is 12.3. The van der Waals surface area contributed by atoms with E-state index in [-0.39, 0.29) is 25.0 Å². The molecule has 1 aliphatic rings. The lowest BCUT2D eigenvalue weighted by molar-refractivity contribution is -0.138. The minimum absolute atomic E-state index is 0.0240. The molecule has 1 fully saturated rings. The van der Waals surface area contributed by atoms with Crippen molar-refractivity contribution in [3.05, 3.63) is 23.5 Å². The van der Waals surface area contributed by atoms with Crippen LogP contribution in [0.2, 0.25) is 0 Å². The van der Waals surface area contributed by atoms with Gasteiger partial charge in [0, 0.05) is 27.1 Å². The van der Waals surface area contributed by atoms with Crippen molar-refractivity contribution >= 4 is 12.1 Å². The number of carboxylic acids is 1. The maximum Gasteiger partial charge on any atom is 0.409 e. The Labute approximate surface area is 198 Å². The third-order valence-corrected chi connectivity index (χ3v) is 5.99. The molecular formula is C23H32FN5O5. The van der Waals surface area contributed by atoms with Crippen LogP contribution in [0.1, 0.15) is 49.9 Å². The van der Waals surface area contributed by atoms with E-state index in [4.69, 9.17) is 14.6 Å². The second-order valence-corrected chi connectivity index (χ2v) is 8.68. The third kappa shape index (κ3) is 6.64. The fourth-order valence-corrected chi connectivity index (χ4v) is 4.07. The molecule has 10 nitrogen and oxygen atoms in total. The van der Waals surface area contributed by atoms with E-state index in [1.807, 2.05) is 13.0 Å². The summed E-state index contributed by atoms with van der Waals surface area (Å²) < 4.78 is 25.3. The normalized spacial score (nSPS) is 17.5. The first-order chi connectivity index (χ1) is 16.3. The Kier molecular flexibility index (Phi) is 8.78. The molecule has 0 radical (unpaired) electrons. The van der Waals surface area contributed by atoms with Crippen LogP contribution < -0.4 is 4.74 Å². The van der Waals surface area contributed by atoms with Crippen LogP contribution in [0.4, 0.5) is 9.18 Å². The number of pyridine rings is 1. The van der Waals surface area contributed by atoms with E-state index in [0.29, 0.717) is 47.9 Å². The van der Waals surface area contributed by atoms with E-state index in [1.54, 1.807) is 20.2 Å². The van der Waals surface area contributed by atoms with Crippen LogP contribution in [0, 0.1) is 12.8 Å². The average molecular weight is 478 g/mol. The van der Waals surface area contributed by atoms with Crippen molar-refractivity contribution in [3.63, 3.8) is 0 Å². The third-order valence-electron chi connectivity index (χ3n) is 5.99. The van der Waals surface area contributed by atoms with Crippen molar-refractivity contribution in [1.82, 2.24) is 24.9 Å². The van der Waals surface area contributed by atoms with Crippen molar-refractivity contribution in [2.45, 2.75) is 58.2 Å². The second kappa shape index (κ2) is 11.8. The van der Waals surface area contributed by atoms with Crippen molar-refractivity contribution in [3.8, 4) is 17.1 Å². The topological polar surface area (TPSA) is 120 Å². The highest BCUT2D eigenvalue weighted by Gasteiger charge is 2.28. The largest absolute Gasteiger partial charge is 0.489 e. The first-order valence-corrected chi connectivity index (χ1v) is 11.5. The van der Waals surface area contributed by atoms with Gasteiger partial charge in [-0.1, -0.05) is 5.21 Å². The molecule has 0 bridgehead atoms. The lowest BCUT2D eigenvalue weighted by atomic mass is 10.0. The number of rotatable bonds is 11. The van der Waals surface area contributed by atoms with Gasteiger partial charge in [0.05, 0.1) is 24.2 Å². The Morgan fingerprint density at radius 1 is 1.29 bits per heavy atom. The molecule has 0 aromatic carbocycles. The monoisotopic (exact) mass is 477 g/mol. The number of ether oxygens (including phenoxy) is 2. The van der Waals surface area contributed by atoms with E-state index in [1.165, 1.54) is 9.58 Å². The van der Waals surface area contributed by atoms with Crippen LogP contribution in [0.3, 0.4) is 0 Å². The summed E-state index contributed by atoms with van der Waals surface area (Å²) in [5.41, 5.74) is 2.36. The van der Waals surface area contributed by atoms with Crippen LogP contribution in [-0.2, 0) is 23.2 Å². The van der Waals surface area contributed by atoms with Gasteiger partial charge in [-0.15, -0.1) is 5.10 Å². The molecule has 2 heterocycles. The molecule has 1 amide bonds. The first-order valence-electron chi connectivity index (χ1n) is 11.5. The van der Waals surface area contributed by atoms with Crippen molar-refractivity contribution < 1.29 is 28.6 Å². The zero-order chi connectivity index (χ0) is 24.7. The molecule has 0 saturated heterocycles. The van der Waals surface area contributed by atoms with Gasteiger partial charge in [-0.2, -0.15) is 0 Å². The summed E-state index contributed by atoms with van der Waals surface area (Å²) in [6.07, 6.45) is 3.00. The number of amides is 1. The Bertz CT molecular complexity index is 998. The minimum Gasteiger partial charge on any atom is -0.489 e. The molecule has 0 unspecified atom stereocenters. The number of carboxylic acid groups (broad SMARTS) is 1. The number of aliphatic carboxylic acids is 1. The van der Waals surface area contributed by atoms with E-state index in [2.05, 4.69) is 15.3 Å². The highest BCUT2D eigenvalue weighted by Crippen LogP contribution is 2.33. The van der Waals surface area contributed by atoms with E-state index in [0.717, 1.165) is 19.3 Å². The van der Waals surface area contributed by atoms with Gasteiger partial charge in [-0.25, -0.2) is 14.5 Å². The van der Waals surface area contributed by atoms with Gasteiger partial charge in [0.25, 0.3) is 0 Å². The maximum atomic E-state index is 12.3. The van der Waals surface area contributed by atoms with Crippen LogP contribution in [0.5, 0.6) is 5.75 Å². The SMILES string of the molecule is Cc1nc(-c2nnn(C)c2COC(=O)N(C)CCCCF)ccc1O[C@H]1CC[C@H](CC(=O)O)C1. The van der Waals surface area contributed by atoms with Gasteiger partial charge >= 0.3 is 12.1 Å². The fraction of sp³-hybridized carbons (Fsp3) is 0.609. The summed E-state index contributed by atoms with van der Waals surface area (Å²) in [7, 11) is 3.32. The van der Waals surface area contributed by atoms with Crippen LogP contribution in [-0.4, -0.2) is 68.4 Å². The molecule has 0 aliphatic heterocycles. The number of halogens is 1. The lowest BCUT2D eigenvalue weighted by Crippen LogP contribution is -2.28. The molecule has 0 spiro atoms. The van der Waals surface area contributed by atoms with Gasteiger partial charge in [0.1, 0.15) is 23.7 Å². The Balaban J connectivity index is 1.63. The summed E-state index contributed by atoms with van der Waals surface area (Å²) >= 11 is 0. The summed E-state index contributed by atoms with van der Waals surface area (Å²) in [4.78, 5) is 29.2. The Morgan fingerprint density at radius 2 is 2.09 bits per heavy atom. The zero-order valence-electron chi connectivity index (χ0n) is 19.9. The average Bonchev–Trinajstić information content (AvgIpc) is 3.38. The Morgan fingerprint density at radius 3 is 2.79 bits per heavy atom. The molecule has 1 N–H and O–H groups in total. The molecule has 186 valence electrons. The number of hydrogen-bond donors (Lipinski definition) is 1. The standard InChI is InChI=1S/C23H32FN5O5/c1-15-20(34-17-7-6-16(12-17)13-21(30)31)9-8-18(25-15)22-19(29(3)27-26-22)14-33-23(32)28(2)11-5-4-10-24/h8-9,16-17H,4-7,10-14H2,1-3H3,(H,30,31)/t16-,17-/m0/s1. The summed E-state index contributed by atoms with van der Waals surface area (Å²) in [6.45, 7) is 1.82. The van der Waals surface area contributed by atoms with Crippen molar-refractivity contribution in [1.29, 1.82) is 0 Å². The van der Waals surface area contributed by atoms with Gasteiger partial charge in [-0.3, -0.25) is 9.18 Å². The molecule has 1 aliphatic carbocycles. The van der Waals surface area contributed by atoms with E-state index in [9.17, 15) is 14.0 Å². The zero-order valence-corrected chi connectivity index (χ0v) is 19.9. The molecule has 2 aromatic rings. The number of unbranched alkanes of at least 4 members (excludes halogenated alkanes) is 1.